The van der Waals surface area contributed by atoms with Crippen LogP contribution in [-0.2, 0) is 13.6 Å². The minimum Gasteiger partial charge on any atom is -0.361 e. The third-order valence-corrected chi connectivity index (χ3v) is 2.36. The second kappa shape index (κ2) is 5.21. The number of carbonyl (C=O) groups is 1. The largest absolute Gasteiger partial charge is 0.361 e. The molecule has 0 aliphatic rings. The number of rotatable bonds is 4. The van der Waals surface area contributed by atoms with Gasteiger partial charge in [0.15, 0.2) is 11.5 Å². The van der Waals surface area contributed by atoms with Crippen LogP contribution in [0.2, 0.25) is 0 Å². The van der Waals surface area contributed by atoms with Gasteiger partial charge in [-0.25, -0.2) is 0 Å². The molecule has 2 N–H and O–H groups in total. The van der Waals surface area contributed by atoms with E-state index in [2.05, 4.69) is 31.0 Å². The Bertz CT molecular complexity index is 533. The number of nitrogens with one attached hydrogen (secondary N) is 2. The van der Waals surface area contributed by atoms with Crippen LogP contribution in [0.4, 0.5) is 5.82 Å². The first-order valence-electron chi connectivity index (χ1n) is 5.33. The van der Waals surface area contributed by atoms with E-state index in [1.807, 2.05) is 7.05 Å². The first-order valence-corrected chi connectivity index (χ1v) is 5.33. The highest BCUT2D eigenvalue weighted by molar-refractivity contribution is 5.91. The number of hydrogen-bond donors (Lipinski definition) is 2. The maximum absolute atomic E-state index is 11.3. The lowest BCUT2D eigenvalue weighted by Crippen LogP contribution is -2.19. The van der Waals surface area contributed by atoms with Crippen LogP contribution in [-0.4, -0.2) is 37.9 Å². The molecule has 0 aliphatic carbocycles. The van der Waals surface area contributed by atoms with E-state index < -0.39 is 0 Å². The zero-order valence-corrected chi connectivity index (χ0v) is 10.1. The number of nitrogens with zero attached hydrogens (tertiary/aromatic N) is 5. The van der Waals surface area contributed by atoms with E-state index in [-0.39, 0.29) is 11.6 Å². The van der Waals surface area contributed by atoms with Crippen molar-refractivity contribution in [2.75, 3.05) is 12.4 Å². The van der Waals surface area contributed by atoms with Crippen molar-refractivity contribution in [1.82, 2.24) is 30.3 Å². The van der Waals surface area contributed by atoms with Gasteiger partial charge < -0.3 is 15.2 Å². The Labute approximate surface area is 103 Å². The molecule has 2 rings (SSSR count). The summed E-state index contributed by atoms with van der Waals surface area (Å²) in [6.07, 6.45) is 1.62. The van der Waals surface area contributed by atoms with Crippen LogP contribution in [0.5, 0.6) is 0 Å². The molecule has 0 spiro atoms. The maximum Gasteiger partial charge on any atom is 0.271 e. The van der Waals surface area contributed by atoms with Crippen LogP contribution in [0.1, 0.15) is 16.3 Å². The third kappa shape index (κ3) is 2.59. The summed E-state index contributed by atoms with van der Waals surface area (Å²) in [6.45, 7) is 0.491. The van der Waals surface area contributed by atoms with Gasteiger partial charge in [-0.3, -0.25) is 4.79 Å². The molecule has 0 radical (unpaired) electrons. The Morgan fingerprint density at radius 1 is 1.33 bits per heavy atom. The van der Waals surface area contributed by atoms with E-state index in [1.54, 1.807) is 30.1 Å². The Morgan fingerprint density at radius 2 is 2.17 bits per heavy atom. The molecule has 0 atom stereocenters. The number of anilines is 1. The van der Waals surface area contributed by atoms with E-state index in [1.165, 1.54) is 0 Å². The van der Waals surface area contributed by atoms with Crippen LogP contribution < -0.4 is 10.6 Å². The average Bonchev–Trinajstić information content (AvgIpc) is 2.81. The zero-order chi connectivity index (χ0) is 13.0. The summed E-state index contributed by atoms with van der Waals surface area (Å²) in [5.41, 5.74) is 0.279. The number of hydrogen-bond acceptors (Lipinski definition) is 6. The van der Waals surface area contributed by atoms with Crippen molar-refractivity contribution in [3.63, 3.8) is 0 Å². The van der Waals surface area contributed by atoms with Gasteiger partial charge in [0.1, 0.15) is 12.1 Å². The zero-order valence-electron chi connectivity index (χ0n) is 10.1. The molecular weight excluding hydrogens is 234 g/mol. The van der Waals surface area contributed by atoms with Crippen molar-refractivity contribution in [1.29, 1.82) is 0 Å². The molecule has 0 unspecified atom stereocenters. The summed E-state index contributed by atoms with van der Waals surface area (Å²) in [5, 5.41) is 20.9. The summed E-state index contributed by atoms with van der Waals surface area (Å²) in [7, 11) is 3.40. The fraction of sp³-hybridized carbons (Fsp3) is 0.300. The topological polar surface area (TPSA) is 97.6 Å². The molecule has 2 aromatic rings. The van der Waals surface area contributed by atoms with Crippen molar-refractivity contribution in [3.8, 4) is 0 Å². The summed E-state index contributed by atoms with van der Waals surface area (Å²) in [5.74, 6) is 1.10. The lowest BCUT2D eigenvalue weighted by molar-refractivity contribution is 0.0957. The van der Waals surface area contributed by atoms with Gasteiger partial charge in [-0.05, 0) is 12.1 Å². The summed E-state index contributed by atoms with van der Waals surface area (Å²) in [4.78, 5) is 11.3. The van der Waals surface area contributed by atoms with Crippen LogP contribution in [0.25, 0.3) is 0 Å². The lowest BCUT2D eigenvalue weighted by atomic mass is 10.3. The highest BCUT2D eigenvalue weighted by Crippen LogP contribution is 2.03. The molecular formula is C10H13N7O. The van der Waals surface area contributed by atoms with Gasteiger partial charge in [0.25, 0.3) is 5.91 Å². The number of amides is 1. The first kappa shape index (κ1) is 12.0. The molecule has 0 fully saturated rings. The molecule has 94 valence electrons. The maximum atomic E-state index is 11.3. The molecule has 8 heteroatoms. The van der Waals surface area contributed by atoms with E-state index in [4.69, 9.17) is 0 Å². The van der Waals surface area contributed by atoms with E-state index >= 15 is 0 Å². The number of aromatic nitrogens is 5. The van der Waals surface area contributed by atoms with Crippen molar-refractivity contribution in [3.05, 3.63) is 30.0 Å². The molecule has 0 saturated heterocycles. The van der Waals surface area contributed by atoms with Gasteiger partial charge in [0.05, 0.1) is 6.54 Å². The Kier molecular flexibility index (Phi) is 3.46. The molecule has 0 aliphatic heterocycles. The fourth-order valence-corrected chi connectivity index (χ4v) is 1.31. The smallest absolute Gasteiger partial charge is 0.271 e. The summed E-state index contributed by atoms with van der Waals surface area (Å²) in [6, 6.07) is 3.29. The van der Waals surface area contributed by atoms with Gasteiger partial charge in [-0.1, -0.05) is 0 Å². The Balaban J connectivity index is 1.98. The van der Waals surface area contributed by atoms with Crippen LogP contribution in [0.3, 0.4) is 0 Å². The van der Waals surface area contributed by atoms with Gasteiger partial charge in [-0.15, -0.1) is 20.4 Å². The van der Waals surface area contributed by atoms with Crippen LogP contribution in [0, 0.1) is 0 Å². The number of carbonyl (C=O) groups excluding carboxylic acids is 1. The second-order valence-corrected chi connectivity index (χ2v) is 3.59. The predicted molar refractivity (Wildman–Crippen MR) is 63.8 cm³/mol. The summed E-state index contributed by atoms with van der Waals surface area (Å²) < 4.78 is 1.80. The molecule has 0 aromatic carbocycles. The highest BCUT2D eigenvalue weighted by atomic mass is 16.1. The normalized spacial score (nSPS) is 10.1. The SMILES string of the molecule is CNC(=O)c1ccc(NCc2nncn2C)nn1. The molecule has 8 nitrogen and oxygen atoms in total. The van der Waals surface area contributed by atoms with Gasteiger partial charge >= 0.3 is 0 Å². The molecule has 18 heavy (non-hydrogen) atoms. The molecule has 1 amide bonds. The first-order chi connectivity index (χ1) is 8.70. The molecule has 0 saturated carbocycles. The van der Waals surface area contributed by atoms with Gasteiger partial charge in [-0.2, -0.15) is 0 Å². The van der Waals surface area contributed by atoms with Crippen molar-refractivity contribution < 1.29 is 4.79 Å². The van der Waals surface area contributed by atoms with E-state index in [0.29, 0.717) is 12.4 Å². The second-order valence-electron chi connectivity index (χ2n) is 3.59. The highest BCUT2D eigenvalue weighted by Gasteiger charge is 2.06. The molecule has 2 aromatic heterocycles. The minimum absolute atomic E-state index is 0.262. The van der Waals surface area contributed by atoms with Crippen molar-refractivity contribution in [2.24, 2.45) is 7.05 Å². The van der Waals surface area contributed by atoms with Crippen LogP contribution >= 0.6 is 0 Å². The Hall–Kier alpha value is -2.51. The van der Waals surface area contributed by atoms with Gasteiger partial charge in [0, 0.05) is 14.1 Å². The van der Waals surface area contributed by atoms with Crippen LogP contribution in [0.15, 0.2) is 18.5 Å². The fourth-order valence-electron chi connectivity index (χ4n) is 1.31. The molecule has 2 heterocycles. The van der Waals surface area contributed by atoms with E-state index in [9.17, 15) is 4.79 Å². The monoisotopic (exact) mass is 247 g/mol. The minimum atomic E-state index is -0.262. The third-order valence-electron chi connectivity index (χ3n) is 2.36. The lowest BCUT2D eigenvalue weighted by Gasteiger charge is -2.04. The van der Waals surface area contributed by atoms with E-state index in [0.717, 1.165) is 5.82 Å². The van der Waals surface area contributed by atoms with Gasteiger partial charge in [0.2, 0.25) is 0 Å². The predicted octanol–water partition coefficient (Wildman–Crippen LogP) is -0.423. The standard InChI is InChI=1S/C10H13N7O/c1-11-10(18)7-3-4-8(15-14-7)12-5-9-16-13-6-17(9)2/h3-4,6H,5H2,1-2H3,(H,11,18)(H,12,15). The average molecular weight is 247 g/mol. The Morgan fingerprint density at radius 3 is 2.72 bits per heavy atom. The summed E-state index contributed by atoms with van der Waals surface area (Å²) >= 11 is 0. The van der Waals surface area contributed by atoms with Crippen molar-refractivity contribution in [2.45, 2.75) is 6.54 Å². The van der Waals surface area contributed by atoms with Crippen molar-refractivity contribution >= 4 is 11.7 Å². The number of aryl methyl sites for hydroxylation is 1. The molecule has 0 bridgehead atoms. The quantitative estimate of drug-likeness (QED) is 0.761.